The molecule has 2 rings (SSSR count). The maximum absolute atomic E-state index is 7.57. The van der Waals surface area contributed by atoms with Crippen molar-refractivity contribution < 1.29 is 31.6 Å². The third kappa shape index (κ3) is 11.5. The SMILES string of the molecule is CC(C)(C)[Si](C)(C)OC[C@@H]1O[C@@H]2C[C@H](O[Si](C)(C)C(C)(C)C)[C@@H](CO[Si](C)(C)C(C)(C)C)O[C@H]2[C@H](O[Si](C)(C)C(C)(C)C)[C@H]1O[Si](C)(C)C(C)(C)C. The molecule has 310 valence electrons. The minimum atomic E-state index is -2.31. The van der Waals surface area contributed by atoms with Gasteiger partial charge in [-0.15, -0.1) is 0 Å². The first kappa shape index (κ1) is 49.0. The number of fused-ring (bicyclic) bond motifs is 1. The first-order valence-electron chi connectivity index (χ1n) is 20.3. The second-order valence-corrected chi connectivity index (χ2v) is 47.7. The van der Waals surface area contributed by atoms with Crippen LogP contribution in [0.25, 0.3) is 0 Å². The van der Waals surface area contributed by atoms with Crippen molar-refractivity contribution >= 4 is 41.6 Å². The van der Waals surface area contributed by atoms with E-state index in [9.17, 15) is 0 Å². The van der Waals surface area contributed by atoms with Crippen LogP contribution in [0.15, 0.2) is 0 Å². The Morgan fingerprint density at radius 3 is 1.12 bits per heavy atom. The zero-order chi connectivity index (χ0) is 41.1. The number of rotatable bonds is 12. The minimum absolute atomic E-state index is 0.00293. The van der Waals surface area contributed by atoms with Crippen LogP contribution in [-0.4, -0.2) is 97.5 Å². The summed E-state index contributed by atoms with van der Waals surface area (Å²) in [5.74, 6) is 0. The second-order valence-electron chi connectivity index (χ2n) is 23.8. The van der Waals surface area contributed by atoms with Crippen molar-refractivity contribution in [2.45, 2.75) is 244 Å². The van der Waals surface area contributed by atoms with E-state index in [-0.39, 0.29) is 67.9 Å². The summed E-state index contributed by atoms with van der Waals surface area (Å²) >= 11 is 0. The fourth-order valence-corrected chi connectivity index (χ4v) is 11.3. The molecule has 0 aromatic heterocycles. The zero-order valence-electron chi connectivity index (χ0n) is 39.0. The molecule has 0 bridgehead atoms. The molecule has 2 fully saturated rings. The molecular formula is C40H88O7Si5. The predicted molar refractivity (Wildman–Crippen MR) is 234 cm³/mol. The molecule has 2 saturated heterocycles. The highest BCUT2D eigenvalue weighted by molar-refractivity contribution is 6.75. The van der Waals surface area contributed by atoms with Crippen LogP contribution in [0, 0.1) is 0 Å². The average molecular weight is 822 g/mol. The highest BCUT2D eigenvalue weighted by Gasteiger charge is 2.58. The van der Waals surface area contributed by atoms with Crippen LogP contribution in [0.3, 0.4) is 0 Å². The van der Waals surface area contributed by atoms with E-state index in [2.05, 4.69) is 169 Å². The van der Waals surface area contributed by atoms with Gasteiger partial charge in [0.1, 0.15) is 30.5 Å². The highest BCUT2D eigenvalue weighted by Crippen LogP contribution is 2.48. The summed E-state index contributed by atoms with van der Waals surface area (Å²) in [5.41, 5.74) is 0. The van der Waals surface area contributed by atoms with Gasteiger partial charge in [0.15, 0.2) is 41.6 Å². The minimum Gasteiger partial charge on any atom is -0.414 e. The van der Waals surface area contributed by atoms with E-state index in [1.807, 2.05) is 0 Å². The standard InChI is InChI=1S/C40H88O7Si5/c1-36(2,3)48(16,17)41-27-31-29(45-50(20,21)38(7,8)9)26-30-33(44-31)35(47-52(24,25)40(13,14)15)34(46-51(22,23)39(10,11)12)32(43-30)28-42-49(18,19)37(4,5)6/h29-35H,26-28H2,1-25H3/t29-,30+,31+,32-,33+,34-,35-/m0/s1. The fourth-order valence-electron chi connectivity index (χ4n) is 5.30. The van der Waals surface area contributed by atoms with Crippen LogP contribution in [-0.2, 0) is 31.6 Å². The summed E-state index contributed by atoms with van der Waals surface area (Å²) in [4.78, 5) is 0. The van der Waals surface area contributed by atoms with Gasteiger partial charge in [-0.25, -0.2) is 0 Å². The molecule has 0 N–H and O–H groups in total. The molecule has 0 amide bonds. The lowest BCUT2D eigenvalue weighted by Crippen LogP contribution is -2.70. The summed E-state index contributed by atoms with van der Waals surface area (Å²) in [5, 5.41) is 0.220. The first-order chi connectivity index (χ1) is 22.7. The molecule has 12 heteroatoms. The molecule has 0 unspecified atom stereocenters. The van der Waals surface area contributed by atoms with E-state index < -0.39 is 41.6 Å². The van der Waals surface area contributed by atoms with Crippen LogP contribution in [0.2, 0.25) is 90.7 Å². The summed E-state index contributed by atoms with van der Waals surface area (Å²) in [6.07, 6.45) is -1.15. The molecule has 7 nitrogen and oxygen atoms in total. The van der Waals surface area contributed by atoms with E-state index in [1.165, 1.54) is 0 Å². The van der Waals surface area contributed by atoms with E-state index in [4.69, 9.17) is 31.6 Å². The molecule has 0 aliphatic carbocycles. The van der Waals surface area contributed by atoms with Crippen LogP contribution in [0.1, 0.15) is 110 Å². The molecule has 0 radical (unpaired) electrons. The van der Waals surface area contributed by atoms with E-state index in [1.54, 1.807) is 0 Å². The zero-order valence-corrected chi connectivity index (χ0v) is 44.0. The maximum Gasteiger partial charge on any atom is 0.192 e. The van der Waals surface area contributed by atoms with Gasteiger partial charge in [-0.05, 0) is 90.7 Å². The monoisotopic (exact) mass is 821 g/mol. The Balaban J connectivity index is 2.79. The van der Waals surface area contributed by atoms with E-state index in [0.29, 0.717) is 13.2 Å². The quantitative estimate of drug-likeness (QED) is 0.182. The summed E-state index contributed by atoms with van der Waals surface area (Å²) in [7, 11) is -10.9. The molecule has 2 aliphatic heterocycles. The van der Waals surface area contributed by atoms with Gasteiger partial charge in [0.2, 0.25) is 0 Å². The largest absolute Gasteiger partial charge is 0.414 e. The van der Waals surface area contributed by atoms with Crippen LogP contribution < -0.4 is 0 Å². The third-order valence-corrected chi connectivity index (χ3v) is 36.9. The van der Waals surface area contributed by atoms with Gasteiger partial charge in [-0.2, -0.15) is 0 Å². The van der Waals surface area contributed by atoms with Crippen molar-refractivity contribution in [3.8, 4) is 0 Å². The Kier molecular flexibility index (Phi) is 14.9. The van der Waals surface area contributed by atoms with Crippen LogP contribution in [0.5, 0.6) is 0 Å². The number of ether oxygens (including phenoxy) is 2. The van der Waals surface area contributed by atoms with Crippen molar-refractivity contribution in [2.75, 3.05) is 13.2 Å². The lowest BCUT2D eigenvalue weighted by atomic mass is 9.88. The maximum atomic E-state index is 7.57. The molecule has 0 aromatic rings. The molecule has 0 spiro atoms. The van der Waals surface area contributed by atoms with E-state index in [0.717, 1.165) is 6.42 Å². The van der Waals surface area contributed by atoms with Gasteiger partial charge in [0.05, 0.1) is 25.4 Å². The first-order valence-corrected chi connectivity index (χ1v) is 34.8. The fraction of sp³-hybridized carbons (Fsp3) is 1.00. The number of hydrogen-bond acceptors (Lipinski definition) is 7. The third-order valence-electron chi connectivity index (χ3n) is 14.5. The molecule has 0 aromatic carbocycles. The van der Waals surface area contributed by atoms with Gasteiger partial charge >= 0.3 is 0 Å². The lowest BCUT2D eigenvalue weighted by molar-refractivity contribution is -0.279. The Morgan fingerprint density at radius 2 is 0.750 bits per heavy atom. The highest BCUT2D eigenvalue weighted by atomic mass is 28.4. The Bertz CT molecular complexity index is 1170. The van der Waals surface area contributed by atoms with Crippen LogP contribution in [0.4, 0.5) is 0 Å². The molecule has 52 heavy (non-hydrogen) atoms. The average Bonchev–Trinajstić information content (AvgIpc) is 2.88. The van der Waals surface area contributed by atoms with Gasteiger partial charge in [0.25, 0.3) is 0 Å². The number of hydrogen-bond donors (Lipinski definition) is 0. The predicted octanol–water partition coefficient (Wildman–Crippen LogP) is 12.1. The molecule has 2 heterocycles. The molecular weight excluding hydrogens is 733 g/mol. The topological polar surface area (TPSA) is 64.6 Å². The van der Waals surface area contributed by atoms with E-state index >= 15 is 0 Å². The summed E-state index contributed by atoms with van der Waals surface area (Å²) in [6.45, 7) is 59.0. The Labute approximate surface area is 328 Å². The van der Waals surface area contributed by atoms with Gasteiger partial charge < -0.3 is 31.6 Å². The summed E-state index contributed by atoms with van der Waals surface area (Å²) < 4.78 is 51.0. The van der Waals surface area contributed by atoms with Crippen LogP contribution >= 0.6 is 0 Å². The smallest absolute Gasteiger partial charge is 0.192 e. The van der Waals surface area contributed by atoms with Gasteiger partial charge in [-0.1, -0.05) is 104 Å². The van der Waals surface area contributed by atoms with Crippen molar-refractivity contribution in [3.05, 3.63) is 0 Å². The lowest BCUT2D eigenvalue weighted by Gasteiger charge is -2.56. The molecule has 0 saturated carbocycles. The van der Waals surface area contributed by atoms with Crippen molar-refractivity contribution in [3.63, 3.8) is 0 Å². The van der Waals surface area contributed by atoms with Crippen molar-refractivity contribution in [1.82, 2.24) is 0 Å². The second kappa shape index (κ2) is 15.9. The summed E-state index contributed by atoms with van der Waals surface area (Å²) in [6, 6.07) is 0. The van der Waals surface area contributed by atoms with Gasteiger partial charge in [-0.3, -0.25) is 0 Å². The normalized spacial score (nSPS) is 28.2. The Morgan fingerprint density at radius 1 is 0.423 bits per heavy atom. The van der Waals surface area contributed by atoms with Crippen molar-refractivity contribution in [2.24, 2.45) is 0 Å². The molecule has 7 atom stereocenters. The Hall–Kier alpha value is 0.804. The van der Waals surface area contributed by atoms with Gasteiger partial charge in [0, 0.05) is 6.42 Å². The van der Waals surface area contributed by atoms with Crippen molar-refractivity contribution in [1.29, 1.82) is 0 Å². The molecule has 2 aliphatic rings.